The average Bonchev–Trinajstić information content (AvgIpc) is 2.58. The fourth-order valence-electron chi connectivity index (χ4n) is 2.71. The molecule has 2 N–H and O–H groups in total. The van der Waals surface area contributed by atoms with Crippen LogP contribution < -0.4 is 5.32 Å². The van der Waals surface area contributed by atoms with E-state index in [0.717, 1.165) is 10.5 Å². The van der Waals surface area contributed by atoms with Crippen molar-refractivity contribution in [1.82, 2.24) is 10.2 Å². The number of carboxylic acid groups (broad SMARTS) is 1. The standard InChI is InChI=1S/C16H13N3O4S/c17-7-10-8-24-15-12(14(21)19(15)13(10)16(22)23)18-11(20)6-9-4-2-1-3-5-9/h1-5,12,15H,6,8H2,(H,18,20)(H,22,23)/t12-,15+/m0/s1. The fraction of sp³-hybridized carbons (Fsp3) is 0.250. The first-order chi connectivity index (χ1) is 11.5. The van der Waals surface area contributed by atoms with Crippen LogP contribution in [-0.2, 0) is 20.8 Å². The van der Waals surface area contributed by atoms with Crippen molar-refractivity contribution >= 4 is 29.5 Å². The van der Waals surface area contributed by atoms with Gasteiger partial charge in [0, 0.05) is 5.75 Å². The Kier molecular flexibility index (Phi) is 4.27. The summed E-state index contributed by atoms with van der Waals surface area (Å²) in [6.07, 6.45) is 0.146. The maximum atomic E-state index is 12.3. The quantitative estimate of drug-likeness (QED) is 0.770. The van der Waals surface area contributed by atoms with Gasteiger partial charge in [0.1, 0.15) is 17.1 Å². The highest BCUT2D eigenvalue weighted by molar-refractivity contribution is 8.00. The van der Waals surface area contributed by atoms with Crippen LogP contribution in [0.4, 0.5) is 0 Å². The van der Waals surface area contributed by atoms with Crippen LogP contribution in [0.1, 0.15) is 5.56 Å². The van der Waals surface area contributed by atoms with Gasteiger partial charge in [-0.25, -0.2) is 4.79 Å². The van der Waals surface area contributed by atoms with E-state index >= 15 is 0 Å². The van der Waals surface area contributed by atoms with Gasteiger partial charge in [0.2, 0.25) is 5.91 Å². The van der Waals surface area contributed by atoms with Gasteiger partial charge < -0.3 is 10.4 Å². The lowest BCUT2D eigenvalue weighted by Crippen LogP contribution is -2.70. The highest BCUT2D eigenvalue weighted by Gasteiger charge is 2.54. The molecule has 1 fully saturated rings. The lowest BCUT2D eigenvalue weighted by atomic mass is 10.0. The van der Waals surface area contributed by atoms with Crippen LogP contribution in [0.25, 0.3) is 0 Å². The predicted molar refractivity (Wildman–Crippen MR) is 85.4 cm³/mol. The molecule has 2 amide bonds. The van der Waals surface area contributed by atoms with Crippen molar-refractivity contribution in [2.75, 3.05) is 5.75 Å². The summed E-state index contributed by atoms with van der Waals surface area (Å²) in [4.78, 5) is 36.8. The predicted octanol–water partition coefficient (Wildman–Crippen LogP) is 0.491. The SMILES string of the molecule is N#CC1=C(C(=O)O)N2C(=O)[C@H](NC(=O)Cc3ccccc3)[C@H]2SC1. The molecule has 0 saturated carbocycles. The minimum Gasteiger partial charge on any atom is -0.477 e. The molecular weight excluding hydrogens is 330 g/mol. The lowest BCUT2D eigenvalue weighted by Gasteiger charge is -2.48. The number of carbonyl (C=O) groups excluding carboxylic acids is 2. The smallest absolute Gasteiger partial charge is 0.353 e. The van der Waals surface area contributed by atoms with Gasteiger partial charge in [-0.05, 0) is 5.56 Å². The Morgan fingerprint density at radius 1 is 1.38 bits per heavy atom. The summed E-state index contributed by atoms with van der Waals surface area (Å²) >= 11 is 1.27. The molecule has 1 saturated heterocycles. The minimum absolute atomic E-state index is 0.0613. The molecule has 2 atom stereocenters. The molecule has 0 radical (unpaired) electrons. The Hall–Kier alpha value is -2.79. The molecule has 0 aliphatic carbocycles. The maximum Gasteiger partial charge on any atom is 0.353 e. The molecule has 0 unspecified atom stereocenters. The van der Waals surface area contributed by atoms with Gasteiger partial charge in [-0.1, -0.05) is 30.3 Å². The number of hydrogen-bond donors (Lipinski definition) is 2. The van der Waals surface area contributed by atoms with Crippen LogP contribution in [0.3, 0.4) is 0 Å². The normalized spacial score (nSPS) is 22.3. The van der Waals surface area contributed by atoms with Crippen molar-refractivity contribution in [1.29, 1.82) is 5.26 Å². The van der Waals surface area contributed by atoms with Crippen molar-refractivity contribution in [3.63, 3.8) is 0 Å². The summed E-state index contributed by atoms with van der Waals surface area (Å²) < 4.78 is 0. The van der Waals surface area contributed by atoms with Gasteiger partial charge in [-0.15, -0.1) is 11.8 Å². The number of rotatable bonds is 4. The van der Waals surface area contributed by atoms with Crippen LogP contribution in [0.15, 0.2) is 41.6 Å². The molecule has 24 heavy (non-hydrogen) atoms. The molecule has 122 valence electrons. The van der Waals surface area contributed by atoms with Gasteiger partial charge in [0.05, 0.1) is 18.1 Å². The van der Waals surface area contributed by atoms with Gasteiger partial charge >= 0.3 is 5.97 Å². The van der Waals surface area contributed by atoms with Gasteiger partial charge in [0.15, 0.2) is 0 Å². The Bertz CT molecular complexity index is 784. The van der Waals surface area contributed by atoms with Crippen molar-refractivity contribution in [2.45, 2.75) is 17.8 Å². The number of nitrogens with one attached hydrogen (secondary N) is 1. The summed E-state index contributed by atoms with van der Waals surface area (Å²) in [7, 11) is 0. The third kappa shape index (κ3) is 2.74. The first-order valence-electron chi connectivity index (χ1n) is 7.17. The van der Waals surface area contributed by atoms with E-state index < -0.39 is 23.3 Å². The highest BCUT2D eigenvalue weighted by Crippen LogP contribution is 2.40. The molecular formula is C16H13N3O4S. The van der Waals surface area contributed by atoms with Crippen molar-refractivity contribution in [3.8, 4) is 6.07 Å². The Morgan fingerprint density at radius 2 is 2.08 bits per heavy atom. The lowest BCUT2D eigenvalue weighted by molar-refractivity contribution is -0.150. The van der Waals surface area contributed by atoms with E-state index in [1.54, 1.807) is 0 Å². The zero-order chi connectivity index (χ0) is 17.3. The Morgan fingerprint density at radius 3 is 2.71 bits per heavy atom. The third-order valence-corrected chi connectivity index (χ3v) is 5.11. The molecule has 7 nitrogen and oxygen atoms in total. The first kappa shape index (κ1) is 16.1. The van der Waals surface area contributed by atoms with Crippen LogP contribution in [-0.4, -0.2) is 45.0 Å². The van der Waals surface area contributed by atoms with Gasteiger partial charge in [0.25, 0.3) is 5.91 Å². The number of aliphatic carboxylic acids is 1. The molecule has 0 bridgehead atoms. The van der Waals surface area contributed by atoms with E-state index in [1.165, 1.54) is 11.8 Å². The zero-order valence-corrected chi connectivity index (χ0v) is 13.2. The summed E-state index contributed by atoms with van der Waals surface area (Å²) in [5.41, 5.74) is 0.610. The van der Waals surface area contributed by atoms with E-state index in [-0.39, 0.29) is 29.4 Å². The number of carboxylic acids is 1. The van der Waals surface area contributed by atoms with Crippen molar-refractivity contribution in [3.05, 3.63) is 47.2 Å². The number of benzene rings is 1. The van der Waals surface area contributed by atoms with Crippen molar-refractivity contribution in [2.24, 2.45) is 0 Å². The van der Waals surface area contributed by atoms with E-state index in [1.807, 2.05) is 36.4 Å². The van der Waals surface area contributed by atoms with E-state index in [2.05, 4.69) is 5.32 Å². The highest BCUT2D eigenvalue weighted by atomic mass is 32.2. The number of β-lactam (4-membered cyclic amide) rings is 1. The average molecular weight is 343 g/mol. The summed E-state index contributed by atoms with van der Waals surface area (Å²) in [6, 6.07) is 10.2. The minimum atomic E-state index is -1.31. The second-order valence-corrected chi connectivity index (χ2v) is 6.47. The fourth-order valence-corrected chi connectivity index (χ4v) is 3.98. The molecule has 2 aliphatic heterocycles. The van der Waals surface area contributed by atoms with Crippen molar-refractivity contribution < 1.29 is 19.5 Å². The van der Waals surface area contributed by atoms with Crippen LogP contribution in [0.2, 0.25) is 0 Å². The number of fused-ring (bicyclic) bond motifs is 1. The topological polar surface area (TPSA) is 110 Å². The third-order valence-electron chi connectivity index (χ3n) is 3.83. The van der Waals surface area contributed by atoms with Gasteiger partial charge in [-0.2, -0.15) is 5.26 Å². The first-order valence-corrected chi connectivity index (χ1v) is 8.22. The molecule has 0 aromatic heterocycles. The van der Waals surface area contributed by atoms with E-state index in [9.17, 15) is 19.5 Å². The number of thioether (sulfide) groups is 1. The number of nitrogens with zero attached hydrogens (tertiary/aromatic N) is 2. The second kappa shape index (κ2) is 6.37. The van der Waals surface area contributed by atoms with Crippen LogP contribution in [0.5, 0.6) is 0 Å². The molecule has 0 spiro atoms. The summed E-state index contributed by atoms with van der Waals surface area (Å²) in [5.74, 6) is -1.90. The maximum absolute atomic E-state index is 12.3. The monoisotopic (exact) mass is 343 g/mol. The molecule has 1 aromatic rings. The van der Waals surface area contributed by atoms with Gasteiger partial charge in [-0.3, -0.25) is 14.5 Å². The summed E-state index contributed by atoms with van der Waals surface area (Å²) in [6.45, 7) is 0. The number of hydrogen-bond acceptors (Lipinski definition) is 5. The number of nitriles is 1. The van der Waals surface area contributed by atoms with Crippen LogP contribution in [0, 0.1) is 11.3 Å². The van der Waals surface area contributed by atoms with E-state index in [4.69, 9.17) is 5.26 Å². The second-order valence-electron chi connectivity index (χ2n) is 5.36. The Balaban J connectivity index is 1.70. The zero-order valence-electron chi connectivity index (χ0n) is 12.4. The largest absolute Gasteiger partial charge is 0.477 e. The van der Waals surface area contributed by atoms with Crippen LogP contribution >= 0.6 is 11.8 Å². The molecule has 1 aromatic carbocycles. The molecule has 3 rings (SSSR count). The Labute approximate surface area is 141 Å². The molecule has 8 heteroatoms. The summed E-state index contributed by atoms with van der Waals surface area (Å²) in [5, 5.41) is 20.4. The number of amides is 2. The number of carbonyl (C=O) groups is 3. The molecule has 2 heterocycles. The molecule has 2 aliphatic rings. The van der Waals surface area contributed by atoms with E-state index in [0.29, 0.717) is 0 Å².